The Morgan fingerprint density at radius 1 is 1.18 bits per heavy atom. The van der Waals surface area contributed by atoms with E-state index in [9.17, 15) is 27.2 Å². The number of nitrogens with one attached hydrogen (secondary N) is 1. The molecule has 0 spiro atoms. The Labute approximate surface area is 218 Å². The average Bonchev–Trinajstić information content (AvgIpc) is 3.18. The molecule has 3 fully saturated rings. The molecule has 14 heteroatoms. The van der Waals surface area contributed by atoms with Crippen LogP contribution < -0.4 is 5.32 Å². The Morgan fingerprint density at radius 3 is 2.53 bits per heavy atom. The first-order valence-corrected chi connectivity index (χ1v) is 13.0. The van der Waals surface area contributed by atoms with Crippen LogP contribution in [-0.4, -0.2) is 92.1 Å². The monoisotopic (exact) mass is 548 g/mol. The number of halogens is 4. The minimum absolute atomic E-state index is 0.140. The van der Waals surface area contributed by atoms with Crippen molar-refractivity contribution in [1.29, 1.82) is 0 Å². The highest BCUT2D eigenvalue weighted by Gasteiger charge is 2.49. The Morgan fingerprint density at radius 2 is 1.89 bits per heavy atom. The summed E-state index contributed by atoms with van der Waals surface area (Å²) in [4.78, 5) is 26.5. The summed E-state index contributed by atoms with van der Waals surface area (Å²) in [5, 5.41) is 21.0. The normalized spacial score (nSPS) is 29.4. The lowest BCUT2D eigenvalue weighted by Crippen LogP contribution is -2.59. The molecule has 2 aliphatic heterocycles. The Balaban J connectivity index is 1.39. The first-order valence-electron chi connectivity index (χ1n) is 13.0. The number of carbonyl (C=O) groups is 2. The summed E-state index contributed by atoms with van der Waals surface area (Å²) < 4.78 is 62.3. The molecule has 3 aliphatic rings. The predicted molar refractivity (Wildman–Crippen MR) is 127 cm³/mol. The van der Waals surface area contributed by atoms with Crippen LogP contribution in [0.25, 0.3) is 0 Å². The third-order valence-corrected chi connectivity index (χ3v) is 8.06. The Bertz CT molecular complexity index is 1020. The summed E-state index contributed by atoms with van der Waals surface area (Å²) >= 11 is 0. The van der Waals surface area contributed by atoms with Gasteiger partial charge in [0.2, 0.25) is 0 Å². The van der Waals surface area contributed by atoms with Gasteiger partial charge in [-0.3, -0.25) is 9.69 Å². The number of carboxylic acids is 1. The van der Waals surface area contributed by atoms with Crippen molar-refractivity contribution in [2.45, 2.75) is 94.5 Å². The number of likely N-dealkylation sites (tertiary alicyclic amines) is 1. The molecule has 1 saturated carbocycles. The molecule has 2 saturated heterocycles. The summed E-state index contributed by atoms with van der Waals surface area (Å²) in [6, 6.07) is -1.15. The number of hydrogen-bond acceptors (Lipinski definition) is 7. The molecule has 214 valence electrons. The highest BCUT2D eigenvalue weighted by molar-refractivity contribution is 5.68. The molecule has 3 heterocycles. The summed E-state index contributed by atoms with van der Waals surface area (Å²) in [6.07, 6.45) is -0.354. The van der Waals surface area contributed by atoms with Gasteiger partial charge in [0.15, 0.2) is 0 Å². The second-order valence-corrected chi connectivity index (χ2v) is 11.0. The third kappa shape index (κ3) is 6.38. The minimum atomic E-state index is -2.95. The smallest absolute Gasteiger partial charge is 0.410 e. The van der Waals surface area contributed by atoms with Crippen molar-refractivity contribution in [1.82, 2.24) is 30.1 Å². The van der Waals surface area contributed by atoms with Gasteiger partial charge in [-0.2, -0.15) is 0 Å². The van der Waals surface area contributed by atoms with E-state index in [-0.39, 0.29) is 44.0 Å². The fourth-order valence-electron chi connectivity index (χ4n) is 6.03. The molecule has 1 aromatic rings. The topological polar surface area (TPSA) is 113 Å². The van der Waals surface area contributed by atoms with Crippen LogP contribution in [-0.2, 0) is 23.2 Å². The van der Waals surface area contributed by atoms with Crippen molar-refractivity contribution in [3.8, 4) is 0 Å². The molecule has 0 bridgehead atoms. The molecular weight excluding hydrogens is 512 g/mol. The molecule has 0 radical (unpaired) electrons. The molecule has 4 rings (SSSR count). The van der Waals surface area contributed by atoms with Crippen LogP contribution >= 0.6 is 0 Å². The van der Waals surface area contributed by atoms with Crippen LogP contribution in [0.4, 0.5) is 22.4 Å². The van der Waals surface area contributed by atoms with E-state index in [0.717, 1.165) is 0 Å². The van der Waals surface area contributed by atoms with Crippen molar-refractivity contribution < 1.29 is 37.0 Å². The Hall–Kier alpha value is -2.48. The van der Waals surface area contributed by atoms with Gasteiger partial charge in [-0.05, 0) is 25.2 Å². The highest BCUT2D eigenvalue weighted by Crippen LogP contribution is 2.40. The van der Waals surface area contributed by atoms with Crippen LogP contribution in [0.15, 0.2) is 0 Å². The van der Waals surface area contributed by atoms with Gasteiger partial charge in [-0.15, -0.1) is 5.10 Å². The molecule has 3 unspecified atom stereocenters. The molecule has 10 nitrogen and oxygen atoms in total. The van der Waals surface area contributed by atoms with E-state index in [1.54, 1.807) is 11.9 Å². The van der Waals surface area contributed by atoms with Gasteiger partial charge in [0, 0.05) is 64.4 Å². The number of piperidine rings is 2. The van der Waals surface area contributed by atoms with Crippen molar-refractivity contribution in [2.24, 2.45) is 13.0 Å². The van der Waals surface area contributed by atoms with E-state index in [1.165, 1.54) is 16.6 Å². The number of carbonyl (C=O) groups excluding carboxylic acids is 1. The largest absolute Gasteiger partial charge is 0.481 e. The summed E-state index contributed by atoms with van der Waals surface area (Å²) in [5.41, 5.74) is 1.14. The lowest BCUT2D eigenvalue weighted by Gasteiger charge is -2.47. The van der Waals surface area contributed by atoms with E-state index in [4.69, 9.17) is 9.84 Å². The van der Waals surface area contributed by atoms with Crippen molar-refractivity contribution in [3.05, 3.63) is 11.4 Å². The lowest BCUT2D eigenvalue weighted by molar-refractivity contribution is -0.142. The maximum Gasteiger partial charge on any atom is 0.410 e. The number of alkyl halides is 4. The lowest BCUT2D eigenvalue weighted by atomic mass is 9.85. The number of aliphatic carboxylic acids is 1. The number of carboxylic acid groups (broad SMARTS) is 1. The number of amides is 1. The number of hydrogen-bond donors (Lipinski definition) is 2. The number of aromatic nitrogens is 3. The van der Waals surface area contributed by atoms with Gasteiger partial charge in [0.05, 0.1) is 12.6 Å². The average molecular weight is 549 g/mol. The summed E-state index contributed by atoms with van der Waals surface area (Å²) in [5.74, 6) is -7.39. The fourth-order valence-corrected chi connectivity index (χ4v) is 6.03. The van der Waals surface area contributed by atoms with Gasteiger partial charge in [-0.1, -0.05) is 12.1 Å². The van der Waals surface area contributed by atoms with E-state index in [2.05, 4.69) is 15.6 Å². The Kier molecular flexibility index (Phi) is 8.22. The van der Waals surface area contributed by atoms with Crippen LogP contribution in [0.3, 0.4) is 0 Å². The maximum absolute atomic E-state index is 14.5. The number of ether oxygens (including phenoxy) is 1. The van der Waals surface area contributed by atoms with Gasteiger partial charge < -0.3 is 20.1 Å². The zero-order valence-corrected chi connectivity index (χ0v) is 21.9. The van der Waals surface area contributed by atoms with E-state index < -0.39 is 48.8 Å². The van der Waals surface area contributed by atoms with Crippen molar-refractivity contribution in [2.75, 3.05) is 20.1 Å². The van der Waals surface area contributed by atoms with E-state index in [0.29, 0.717) is 37.2 Å². The summed E-state index contributed by atoms with van der Waals surface area (Å²) in [6.45, 7) is 1.73. The van der Waals surface area contributed by atoms with Crippen LogP contribution in [0, 0.1) is 5.92 Å². The molecule has 0 aromatic carbocycles. The zero-order valence-electron chi connectivity index (χ0n) is 21.9. The molecule has 1 aromatic heterocycles. The molecule has 1 amide bonds. The highest BCUT2D eigenvalue weighted by atomic mass is 19.3. The first-order chi connectivity index (χ1) is 17.8. The number of aryl methyl sites for hydroxylation is 1. The van der Waals surface area contributed by atoms with Crippen molar-refractivity contribution in [3.63, 3.8) is 0 Å². The molecule has 1 aliphatic carbocycles. The SMILES string of the molecule is CCC1NC(c2nnn(C)c2COC(=O)N(C)C2CC(F)(F)C2)CCC1N1C[C@@H](CC(=O)O)CC(F)(F)C1. The van der Waals surface area contributed by atoms with Gasteiger partial charge >= 0.3 is 12.1 Å². The first kappa shape index (κ1) is 28.5. The zero-order chi connectivity index (χ0) is 27.8. The van der Waals surface area contributed by atoms with Crippen LogP contribution in [0.1, 0.15) is 69.3 Å². The van der Waals surface area contributed by atoms with Gasteiger partial charge in [0.25, 0.3) is 11.8 Å². The standard InChI is InChI=1S/C24H36F4N6O4/c1-4-16-18(34-11-14(7-20(35)36)8-24(27,28)13-34)6-5-17(29-16)21-19(33(3)31-30-21)12-38-22(37)32(2)15-9-23(25,26)10-15/h14-18,29H,4-13H2,1-3H3,(H,35,36)/t14-,16?,17?,18?/m0/s1. The number of rotatable bonds is 8. The fraction of sp³-hybridized carbons (Fsp3) is 0.833. The molecular formula is C24H36F4N6O4. The van der Waals surface area contributed by atoms with E-state index in [1.807, 2.05) is 6.92 Å². The van der Waals surface area contributed by atoms with Crippen LogP contribution in [0.5, 0.6) is 0 Å². The predicted octanol–water partition coefficient (Wildman–Crippen LogP) is 3.18. The van der Waals surface area contributed by atoms with Crippen LogP contribution in [0.2, 0.25) is 0 Å². The second-order valence-electron chi connectivity index (χ2n) is 11.0. The quantitative estimate of drug-likeness (QED) is 0.477. The van der Waals surface area contributed by atoms with Gasteiger partial charge in [-0.25, -0.2) is 27.0 Å². The van der Waals surface area contributed by atoms with Gasteiger partial charge in [0.1, 0.15) is 18.0 Å². The second kappa shape index (κ2) is 10.9. The van der Waals surface area contributed by atoms with Crippen molar-refractivity contribution >= 4 is 12.1 Å². The van der Waals surface area contributed by atoms with E-state index >= 15 is 0 Å². The summed E-state index contributed by atoms with van der Waals surface area (Å²) in [7, 11) is 3.10. The molecule has 4 atom stereocenters. The molecule has 2 N–H and O–H groups in total. The minimum Gasteiger partial charge on any atom is -0.481 e. The third-order valence-electron chi connectivity index (χ3n) is 8.06. The maximum atomic E-state index is 14.5. The molecule has 38 heavy (non-hydrogen) atoms. The number of nitrogens with zero attached hydrogens (tertiary/aromatic N) is 5.